The largest absolute Gasteiger partial charge is 0.366 e. The van der Waals surface area contributed by atoms with E-state index < -0.39 is 11.7 Å². The van der Waals surface area contributed by atoms with E-state index in [1.54, 1.807) is 0 Å². The minimum absolute atomic E-state index is 0.158. The van der Waals surface area contributed by atoms with Crippen LogP contribution in [0.5, 0.6) is 0 Å². The molecule has 0 unspecified atom stereocenters. The zero-order chi connectivity index (χ0) is 11.7. The van der Waals surface area contributed by atoms with Gasteiger partial charge in [-0.25, -0.2) is 9.37 Å². The van der Waals surface area contributed by atoms with Gasteiger partial charge in [0.1, 0.15) is 12.1 Å². The molecule has 5 nitrogen and oxygen atoms in total. The van der Waals surface area contributed by atoms with Crippen LogP contribution in [0.4, 0.5) is 4.39 Å². The van der Waals surface area contributed by atoms with Crippen molar-refractivity contribution in [1.29, 1.82) is 0 Å². The third-order valence-corrected chi connectivity index (χ3v) is 2.32. The van der Waals surface area contributed by atoms with Crippen LogP contribution < -0.4 is 5.73 Å². The molecule has 1 amide bonds. The van der Waals surface area contributed by atoms with Crippen molar-refractivity contribution in [3.05, 3.63) is 35.9 Å². The predicted molar refractivity (Wildman–Crippen MR) is 58.3 cm³/mol. The number of hydrogen-bond acceptors (Lipinski definition) is 4. The van der Waals surface area contributed by atoms with Gasteiger partial charge in [0.15, 0.2) is 5.82 Å². The summed E-state index contributed by atoms with van der Waals surface area (Å²) in [5.74, 6) is -1.11. The van der Waals surface area contributed by atoms with Crippen LogP contribution in [0.1, 0.15) is 10.4 Å². The summed E-state index contributed by atoms with van der Waals surface area (Å²) in [5.41, 5.74) is 5.30. The molecule has 82 valence electrons. The van der Waals surface area contributed by atoms with E-state index in [9.17, 15) is 9.18 Å². The molecule has 1 heterocycles. The van der Waals surface area contributed by atoms with E-state index in [0.29, 0.717) is 11.4 Å². The van der Waals surface area contributed by atoms with Crippen LogP contribution in [0, 0.1) is 5.82 Å². The van der Waals surface area contributed by atoms with Crippen molar-refractivity contribution in [3.63, 3.8) is 0 Å². The number of nitrogens with two attached hydrogens (primary N) is 1. The summed E-state index contributed by atoms with van der Waals surface area (Å²) < 4.78 is 14.6. The topological polar surface area (TPSA) is 73.8 Å². The second-order valence-electron chi connectivity index (χ2n) is 3.03. The van der Waals surface area contributed by atoms with E-state index in [1.165, 1.54) is 22.5 Å². The standard InChI is InChI=1S/C9H7FN4OS/c10-7-3-5(1-2-6(7)8(11)15)9-12-4-13-14(9)16/h1-4,16H,(H2,11,15). The van der Waals surface area contributed by atoms with Crippen molar-refractivity contribution in [3.8, 4) is 11.4 Å². The van der Waals surface area contributed by atoms with Gasteiger partial charge in [0.2, 0.25) is 0 Å². The Kier molecular flexibility index (Phi) is 2.61. The average molecular weight is 238 g/mol. The predicted octanol–water partition coefficient (Wildman–Crippen LogP) is 0.876. The number of carbonyl (C=O) groups is 1. The molecule has 0 aliphatic rings. The van der Waals surface area contributed by atoms with E-state index in [-0.39, 0.29) is 5.56 Å². The highest BCUT2D eigenvalue weighted by atomic mass is 32.1. The van der Waals surface area contributed by atoms with Crippen molar-refractivity contribution in [1.82, 2.24) is 14.2 Å². The number of aromatic nitrogens is 3. The Balaban J connectivity index is 2.50. The number of hydrogen-bond donors (Lipinski definition) is 2. The van der Waals surface area contributed by atoms with Crippen LogP contribution in [0.2, 0.25) is 0 Å². The average Bonchev–Trinajstić information content (AvgIpc) is 2.63. The molecule has 0 radical (unpaired) electrons. The molecule has 0 saturated heterocycles. The smallest absolute Gasteiger partial charge is 0.251 e. The van der Waals surface area contributed by atoms with Crippen LogP contribution in [-0.2, 0) is 0 Å². The lowest BCUT2D eigenvalue weighted by atomic mass is 10.1. The number of halogens is 1. The molecule has 0 spiro atoms. The Morgan fingerprint density at radius 3 is 2.75 bits per heavy atom. The summed E-state index contributed by atoms with van der Waals surface area (Å²) in [5, 5.41) is 3.74. The van der Waals surface area contributed by atoms with Crippen molar-refractivity contribution in [2.24, 2.45) is 5.73 Å². The van der Waals surface area contributed by atoms with Gasteiger partial charge >= 0.3 is 0 Å². The summed E-state index contributed by atoms with van der Waals surface area (Å²) in [6, 6.07) is 3.99. The first-order valence-electron chi connectivity index (χ1n) is 4.28. The van der Waals surface area contributed by atoms with Gasteiger partial charge in [-0.1, -0.05) is 6.07 Å². The maximum absolute atomic E-state index is 13.4. The van der Waals surface area contributed by atoms with Gasteiger partial charge in [-0.05, 0) is 24.9 Å². The Morgan fingerprint density at radius 2 is 2.25 bits per heavy atom. The highest BCUT2D eigenvalue weighted by molar-refractivity contribution is 7.78. The maximum Gasteiger partial charge on any atom is 0.251 e. The van der Waals surface area contributed by atoms with Crippen molar-refractivity contribution in [2.45, 2.75) is 0 Å². The summed E-state index contributed by atoms with van der Waals surface area (Å²) >= 11 is 3.99. The van der Waals surface area contributed by atoms with Crippen molar-refractivity contribution in [2.75, 3.05) is 0 Å². The van der Waals surface area contributed by atoms with Gasteiger partial charge in [-0.15, -0.1) is 5.10 Å². The lowest BCUT2D eigenvalue weighted by Crippen LogP contribution is -2.13. The van der Waals surface area contributed by atoms with Gasteiger partial charge in [0, 0.05) is 5.56 Å². The third kappa shape index (κ3) is 1.76. The number of carbonyl (C=O) groups excluding carboxylic acids is 1. The fourth-order valence-electron chi connectivity index (χ4n) is 1.28. The lowest BCUT2D eigenvalue weighted by molar-refractivity contribution is 0.0996. The molecule has 0 saturated carbocycles. The minimum Gasteiger partial charge on any atom is -0.366 e. The molecular weight excluding hydrogens is 231 g/mol. The number of benzene rings is 1. The second-order valence-corrected chi connectivity index (χ2v) is 3.41. The quantitative estimate of drug-likeness (QED) is 0.762. The van der Waals surface area contributed by atoms with Crippen molar-refractivity contribution >= 4 is 18.7 Å². The van der Waals surface area contributed by atoms with E-state index in [4.69, 9.17) is 5.73 Å². The fourth-order valence-corrected chi connectivity index (χ4v) is 1.49. The Bertz CT molecular complexity index is 554. The summed E-state index contributed by atoms with van der Waals surface area (Å²) in [6.45, 7) is 0. The Labute approximate surface area is 95.6 Å². The number of rotatable bonds is 2. The van der Waals surface area contributed by atoms with E-state index in [2.05, 4.69) is 22.9 Å². The molecule has 0 atom stereocenters. The van der Waals surface area contributed by atoms with Crippen LogP contribution in [0.3, 0.4) is 0 Å². The van der Waals surface area contributed by atoms with E-state index >= 15 is 0 Å². The monoisotopic (exact) mass is 238 g/mol. The SMILES string of the molecule is NC(=O)c1ccc(-c2ncnn2S)cc1F. The highest BCUT2D eigenvalue weighted by Gasteiger charge is 2.11. The van der Waals surface area contributed by atoms with Gasteiger partial charge in [-0.3, -0.25) is 4.79 Å². The first-order valence-corrected chi connectivity index (χ1v) is 4.68. The second kappa shape index (κ2) is 3.93. The first-order chi connectivity index (χ1) is 7.59. The zero-order valence-electron chi connectivity index (χ0n) is 7.96. The molecule has 2 aromatic rings. The van der Waals surface area contributed by atoms with E-state index in [1.807, 2.05) is 0 Å². The molecule has 2 rings (SSSR count). The van der Waals surface area contributed by atoms with Crippen LogP contribution in [0.15, 0.2) is 24.5 Å². The highest BCUT2D eigenvalue weighted by Crippen LogP contribution is 2.20. The van der Waals surface area contributed by atoms with Crippen LogP contribution >= 0.6 is 12.8 Å². The molecule has 1 aromatic carbocycles. The molecule has 16 heavy (non-hydrogen) atoms. The Morgan fingerprint density at radius 1 is 1.50 bits per heavy atom. The van der Waals surface area contributed by atoms with E-state index in [0.717, 1.165) is 6.07 Å². The number of thiol groups is 1. The van der Waals surface area contributed by atoms with Gasteiger partial charge < -0.3 is 5.73 Å². The molecule has 0 bridgehead atoms. The number of nitrogens with zero attached hydrogens (tertiary/aromatic N) is 3. The maximum atomic E-state index is 13.4. The number of amides is 1. The van der Waals surface area contributed by atoms with Gasteiger partial charge in [-0.2, -0.15) is 4.09 Å². The molecule has 2 N–H and O–H groups in total. The van der Waals surface area contributed by atoms with Crippen LogP contribution in [0.25, 0.3) is 11.4 Å². The minimum atomic E-state index is -0.809. The summed E-state index contributed by atoms with van der Waals surface area (Å²) in [6.07, 6.45) is 1.29. The van der Waals surface area contributed by atoms with Gasteiger partial charge in [0.05, 0.1) is 5.56 Å². The first kappa shape index (κ1) is 10.6. The van der Waals surface area contributed by atoms with Crippen LogP contribution in [-0.4, -0.2) is 20.1 Å². The normalized spacial score (nSPS) is 10.4. The third-order valence-electron chi connectivity index (χ3n) is 2.02. The summed E-state index contributed by atoms with van der Waals surface area (Å²) in [7, 11) is 0. The Hall–Kier alpha value is -1.89. The zero-order valence-corrected chi connectivity index (χ0v) is 8.86. The van der Waals surface area contributed by atoms with Gasteiger partial charge in [0.25, 0.3) is 5.91 Å². The number of primary amides is 1. The molecule has 1 aromatic heterocycles. The van der Waals surface area contributed by atoms with Crippen molar-refractivity contribution < 1.29 is 9.18 Å². The molecule has 0 aliphatic heterocycles. The molecule has 0 aliphatic carbocycles. The molecule has 0 fully saturated rings. The molecular formula is C9H7FN4OS. The molecule has 7 heteroatoms. The fraction of sp³-hybridized carbons (Fsp3) is 0. The lowest BCUT2D eigenvalue weighted by Gasteiger charge is -2.02. The summed E-state index contributed by atoms with van der Waals surface area (Å²) in [4.78, 5) is 14.7.